The highest BCUT2D eigenvalue weighted by Crippen LogP contribution is 2.49. The van der Waals surface area contributed by atoms with Crippen LogP contribution in [0.3, 0.4) is 0 Å². The van der Waals surface area contributed by atoms with Gasteiger partial charge in [-0.1, -0.05) is 23.8 Å². The first-order valence-electron chi connectivity index (χ1n) is 9.09. The molecule has 2 saturated carbocycles. The Morgan fingerprint density at radius 2 is 2.35 bits per heavy atom. The molecule has 2 aromatic heterocycles. The molecule has 2 aromatic rings. The number of amides is 1. The maximum Gasteiger partial charge on any atom is 0.226 e. The first-order valence-corrected chi connectivity index (χ1v) is 10.3. The van der Waals surface area contributed by atoms with Gasteiger partial charge >= 0.3 is 0 Å². The number of allylic oxidation sites excluding steroid dienone is 1. The van der Waals surface area contributed by atoms with Gasteiger partial charge in [-0.25, -0.2) is 4.98 Å². The van der Waals surface area contributed by atoms with Crippen molar-refractivity contribution in [3.63, 3.8) is 0 Å². The molecule has 2 aliphatic rings. The molecule has 8 heteroatoms. The third-order valence-electron chi connectivity index (χ3n) is 5.65. The van der Waals surface area contributed by atoms with Crippen molar-refractivity contribution in [3.8, 4) is 10.7 Å². The molecule has 4 rings (SSSR count). The van der Waals surface area contributed by atoms with Crippen molar-refractivity contribution in [3.05, 3.63) is 23.1 Å². The highest BCUT2D eigenvalue weighted by Gasteiger charge is 2.40. The first kappa shape index (κ1) is 17.6. The molecule has 138 valence electrons. The van der Waals surface area contributed by atoms with Crippen LogP contribution in [0.2, 0.25) is 0 Å². The van der Waals surface area contributed by atoms with Crippen molar-refractivity contribution < 1.29 is 4.79 Å². The molecule has 2 heterocycles. The lowest BCUT2D eigenvalue weighted by Gasteiger charge is -2.20. The number of aromatic nitrogens is 4. The van der Waals surface area contributed by atoms with Gasteiger partial charge in [-0.3, -0.25) is 14.5 Å². The predicted octanol–water partition coefficient (Wildman–Crippen LogP) is 4.32. The topological polar surface area (TPSA) is 75.6 Å². The molecule has 3 atom stereocenters. The van der Waals surface area contributed by atoms with Gasteiger partial charge in [0.25, 0.3) is 0 Å². The third kappa shape index (κ3) is 3.27. The van der Waals surface area contributed by atoms with Crippen LogP contribution in [-0.2, 0) is 11.3 Å². The summed E-state index contributed by atoms with van der Waals surface area (Å²) in [5, 5.41) is 10.8. The summed E-state index contributed by atoms with van der Waals surface area (Å²) in [5.74, 6) is 2.98. The Morgan fingerprint density at radius 1 is 1.50 bits per heavy atom. The van der Waals surface area contributed by atoms with E-state index in [-0.39, 0.29) is 5.91 Å². The van der Waals surface area contributed by atoms with Crippen molar-refractivity contribution in [1.82, 2.24) is 19.7 Å². The van der Waals surface area contributed by atoms with Gasteiger partial charge in [0.15, 0.2) is 15.7 Å². The van der Waals surface area contributed by atoms with Crippen LogP contribution in [0.5, 0.6) is 0 Å². The zero-order valence-corrected chi connectivity index (χ0v) is 16.5. The minimum Gasteiger partial charge on any atom is -0.302 e. The summed E-state index contributed by atoms with van der Waals surface area (Å²) in [5.41, 5.74) is 0.838. The van der Waals surface area contributed by atoms with Crippen molar-refractivity contribution in [2.24, 2.45) is 17.8 Å². The van der Waals surface area contributed by atoms with E-state index < -0.39 is 0 Å². The van der Waals surface area contributed by atoms with E-state index in [1.54, 1.807) is 6.08 Å². The maximum absolute atomic E-state index is 12.5. The normalized spacial score (nSPS) is 24.1. The first-order chi connectivity index (χ1) is 12.5. The molecule has 0 aliphatic heterocycles. The van der Waals surface area contributed by atoms with E-state index in [2.05, 4.69) is 27.1 Å². The number of hydrogen-bond donors (Lipinski definition) is 2. The molecule has 2 N–H and O–H groups in total. The van der Waals surface area contributed by atoms with E-state index in [4.69, 9.17) is 12.2 Å². The van der Waals surface area contributed by atoms with Crippen molar-refractivity contribution in [2.45, 2.75) is 45.6 Å². The highest BCUT2D eigenvalue weighted by molar-refractivity contribution is 7.71. The maximum atomic E-state index is 12.5. The summed E-state index contributed by atoms with van der Waals surface area (Å²) in [6.07, 6.45) is 7.60. The Balaban J connectivity index is 1.47. The third-order valence-corrected chi connectivity index (χ3v) is 7.03. The van der Waals surface area contributed by atoms with E-state index in [0.29, 0.717) is 28.8 Å². The Bertz CT molecular complexity index is 896. The van der Waals surface area contributed by atoms with Gasteiger partial charge in [-0.15, -0.1) is 6.58 Å². The second-order valence-corrected chi connectivity index (χ2v) is 8.76. The average Bonchev–Trinajstić information content (AvgIpc) is 3.35. The van der Waals surface area contributed by atoms with Gasteiger partial charge in [0, 0.05) is 13.0 Å². The molecule has 0 saturated heterocycles. The van der Waals surface area contributed by atoms with Crippen LogP contribution in [-0.4, -0.2) is 25.7 Å². The van der Waals surface area contributed by atoms with E-state index in [0.717, 1.165) is 28.2 Å². The van der Waals surface area contributed by atoms with Gasteiger partial charge < -0.3 is 5.32 Å². The molecule has 3 unspecified atom stereocenters. The van der Waals surface area contributed by atoms with Gasteiger partial charge in [-0.05, 0) is 56.2 Å². The minimum atomic E-state index is 0.0767. The fraction of sp³-hybridized carbons (Fsp3) is 0.556. The lowest BCUT2D eigenvalue weighted by Crippen LogP contribution is -2.20. The van der Waals surface area contributed by atoms with Gasteiger partial charge in [0.1, 0.15) is 0 Å². The summed E-state index contributed by atoms with van der Waals surface area (Å²) >= 11 is 6.72. The summed E-state index contributed by atoms with van der Waals surface area (Å²) < 4.78 is 2.43. The Kier molecular flexibility index (Phi) is 4.79. The second-order valence-electron chi connectivity index (χ2n) is 7.37. The second kappa shape index (κ2) is 7.08. The van der Waals surface area contributed by atoms with E-state index in [9.17, 15) is 4.79 Å². The number of hydrogen-bond acceptors (Lipinski definition) is 5. The fourth-order valence-corrected chi connectivity index (χ4v) is 5.67. The number of carbonyl (C=O) groups is 1. The Labute approximate surface area is 161 Å². The Morgan fingerprint density at radius 3 is 3.04 bits per heavy atom. The smallest absolute Gasteiger partial charge is 0.226 e. The summed E-state index contributed by atoms with van der Waals surface area (Å²) in [4.78, 5) is 17.9. The summed E-state index contributed by atoms with van der Waals surface area (Å²) in [7, 11) is 0. The number of rotatable bonds is 6. The largest absolute Gasteiger partial charge is 0.302 e. The number of anilines is 1. The lowest BCUT2D eigenvalue weighted by molar-refractivity contribution is -0.117. The van der Waals surface area contributed by atoms with Crippen molar-refractivity contribution in [2.75, 3.05) is 5.32 Å². The van der Waals surface area contributed by atoms with Gasteiger partial charge in [0.2, 0.25) is 5.91 Å². The number of fused-ring (bicyclic) bond motifs is 2. The van der Waals surface area contributed by atoms with E-state index >= 15 is 0 Å². The number of thiazole rings is 1. The molecule has 6 nitrogen and oxygen atoms in total. The molecule has 0 aromatic carbocycles. The number of nitrogens with one attached hydrogen (secondary N) is 2. The number of H-pyrrole nitrogens is 1. The number of aryl methyl sites for hydroxylation is 1. The number of aromatic amines is 1. The zero-order valence-electron chi connectivity index (χ0n) is 14.8. The lowest BCUT2D eigenvalue weighted by atomic mass is 9.86. The molecule has 1 amide bonds. The van der Waals surface area contributed by atoms with Crippen LogP contribution in [0.25, 0.3) is 10.7 Å². The fourth-order valence-electron chi connectivity index (χ4n) is 4.48. The highest BCUT2D eigenvalue weighted by atomic mass is 32.1. The van der Waals surface area contributed by atoms with Crippen LogP contribution in [0.15, 0.2) is 12.7 Å². The zero-order chi connectivity index (χ0) is 18.3. The van der Waals surface area contributed by atoms with E-state index in [1.165, 1.54) is 37.0 Å². The van der Waals surface area contributed by atoms with Crippen molar-refractivity contribution in [1.29, 1.82) is 0 Å². The molecule has 2 bridgehead atoms. The standard InChI is InChI=1S/C18H23N5OS2/c1-3-6-23-16(21-22-18(23)25)15-10(2)19-17(26-15)20-14(24)9-13-8-11-4-5-12(13)7-11/h3,11-13H,1,4-9H2,2H3,(H,22,25)(H,19,20,24). The average molecular weight is 390 g/mol. The predicted molar refractivity (Wildman–Crippen MR) is 106 cm³/mol. The van der Waals surface area contributed by atoms with Crippen molar-refractivity contribution >= 4 is 34.6 Å². The van der Waals surface area contributed by atoms with Crippen LogP contribution in [0.4, 0.5) is 5.13 Å². The van der Waals surface area contributed by atoms with Crippen LogP contribution in [0.1, 0.15) is 37.8 Å². The van der Waals surface area contributed by atoms with Crippen LogP contribution in [0, 0.1) is 29.4 Å². The van der Waals surface area contributed by atoms with E-state index in [1.807, 2.05) is 11.5 Å². The Hall–Kier alpha value is -1.80. The minimum absolute atomic E-state index is 0.0767. The molecule has 0 radical (unpaired) electrons. The molecular formula is C18H23N5OS2. The van der Waals surface area contributed by atoms with Crippen LogP contribution >= 0.6 is 23.6 Å². The molecular weight excluding hydrogens is 366 g/mol. The molecule has 2 fully saturated rings. The van der Waals surface area contributed by atoms with Gasteiger partial charge in [-0.2, -0.15) is 5.10 Å². The van der Waals surface area contributed by atoms with Crippen LogP contribution < -0.4 is 5.32 Å². The summed E-state index contributed by atoms with van der Waals surface area (Å²) in [6.45, 7) is 6.27. The number of nitrogens with zero attached hydrogens (tertiary/aromatic N) is 3. The monoisotopic (exact) mass is 389 g/mol. The molecule has 2 aliphatic carbocycles. The summed E-state index contributed by atoms with van der Waals surface area (Å²) in [6, 6.07) is 0. The number of carbonyl (C=O) groups excluding carboxylic acids is 1. The van der Waals surface area contributed by atoms with Gasteiger partial charge in [0.05, 0.1) is 10.6 Å². The SMILES string of the molecule is C=CCn1c(-c2sc(NC(=O)CC3CC4CCC3C4)nc2C)n[nH]c1=S. The quantitative estimate of drug-likeness (QED) is 0.570. The molecule has 0 spiro atoms. The molecule has 26 heavy (non-hydrogen) atoms.